The Kier molecular flexibility index (Phi) is 2.46. The van der Waals surface area contributed by atoms with Crippen LogP contribution in [0.15, 0.2) is 18.2 Å². The number of carbonyl (C=O) groups is 1. The highest BCUT2D eigenvalue weighted by Gasteiger charge is 2.64. The van der Waals surface area contributed by atoms with Gasteiger partial charge in [-0.2, -0.15) is 0 Å². The number of aromatic hydroxyl groups is 1. The van der Waals surface area contributed by atoms with E-state index in [1.165, 1.54) is 6.07 Å². The average Bonchev–Trinajstić information content (AvgIpc) is 2.89. The molecule has 1 aromatic carbocycles. The van der Waals surface area contributed by atoms with E-state index in [9.17, 15) is 15.0 Å². The number of aliphatic hydroxyl groups is 1. The van der Waals surface area contributed by atoms with Crippen LogP contribution in [0.2, 0.25) is 0 Å². The van der Waals surface area contributed by atoms with Gasteiger partial charge >= 0.3 is 0 Å². The number of rotatable bonds is 1. The summed E-state index contributed by atoms with van der Waals surface area (Å²) in [6.45, 7) is 0.923. The lowest BCUT2D eigenvalue weighted by Crippen LogP contribution is -2.64. The largest absolute Gasteiger partial charge is 0.504 e. The van der Waals surface area contributed by atoms with E-state index in [4.69, 9.17) is 4.74 Å². The van der Waals surface area contributed by atoms with Crippen molar-refractivity contribution in [3.63, 3.8) is 0 Å². The summed E-state index contributed by atoms with van der Waals surface area (Å²) in [5, 5.41) is 20.9. The van der Waals surface area contributed by atoms with Crippen molar-refractivity contribution in [2.24, 2.45) is 5.92 Å². The standard InChI is InChI=1S/C18H19NO4/c1-19-5-4-18-11-2-3-13(21)17(18)23-16-14(22)6-9(8-20)10(15(16)18)7-12(11)19/h2-3,6,8,11-13,17,21-22H,4-5,7H2,1H3/t11-,12+,13-,17-,18-/m0/s1. The van der Waals surface area contributed by atoms with E-state index in [-0.39, 0.29) is 23.2 Å². The molecule has 2 aliphatic carbocycles. The van der Waals surface area contributed by atoms with Gasteiger partial charge in [-0.25, -0.2) is 0 Å². The molecule has 4 aliphatic rings. The summed E-state index contributed by atoms with van der Waals surface area (Å²) < 4.78 is 6.07. The smallest absolute Gasteiger partial charge is 0.165 e. The number of phenols is 1. The van der Waals surface area contributed by atoms with Gasteiger partial charge in [0.2, 0.25) is 0 Å². The fourth-order valence-corrected chi connectivity index (χ4v) is 5.46. The number of ether oxygens (including phenoxy) is 1. The molecule has 2 bridgehead atoms. The Labute approximate surface area is 134 Å². The monoisotopic (exact) mass is 313 g/mol. The molecule has 2 N–H and O–H groups in total. The maximum Gasteiger partial charge on any atom is 0.165 e. The van der Waals surface area contributed by atoms with E-state index in [1.54, 1.807) is 0 Å². The molecule has 23 heavy (non-hydrogen) atoms. The predicted molar refractivity (Wildman–Crippen MR) is 83.0 cm³/mol. The zero-order valence-corrected chi connectivity index (χ0v) is 12.9. The minimum atomic E-state index is -0.687. The third-order valence-electron chi connectivity index (χ3n) is 6.44. The van der Waals surface area contributed by atoms with Gasteiger partial charge < -0.3 is 19.8 Å². The summed E-state index contributed by atoms with van der Waals surface area (Å²) in [7, 11) is 2.12. The second-order valence-corrected chi connectivity index (χ2v) is 7.27. The van der Waals surface area contributed by atoms with E-state index in [0.29, 0.717) is 17.4 Å². The van der Waals surface area contributed by atoms with Gasteiger partial charge in [0.05, 0.1) is 0 Å². The van der Waals surface area contributed by atoms with Crippen LogP contribution >= 0.6 is 0 Å². The number of piperidine rings is 1. The number of hydrogen-bond donors (Lipinski definition) is 2. The lowest BCUT2D eigenvalue weighted by atomic mass is 9.53. The fourth-order valence-electron chi connectivity index (χ4n) is 5.46. The highest BCUT2D eigenvalue weighted by molar-refractivity contribution is 5.82. The van der Waals surface area contributed by atoms with Crippen LogP contribution in [0.4, 0.5) is 0 Å². The second kappa shape index (κ2) is 4.16. The number of likely N-dealkylation sites (N-methyl/N-ethyl adjacent to an activating group) is 1. The number of hydrogen-bond acceptors (Lipinski definition) is 5. The molecular weight excluding hydrogens is 294 g/mol. The summed E-state index contributed by atoms with van der Waals surface area (Å²) in [5.74, 6) is 0.731. The molecule has 120 valence electrons. The van der Waals surface area contributed by atoms with Crippen LogP contribution in [0, 0.1) is 5.92 Å². The third-order valence-corrected chi connectivity index (χ3v) is 6.44. The summed E-state index contributed by atoms with van der Waals surface area (Å²) in [6, 6.07) is 1.80. The van der Waals surface area contributed by atoms with E-state index in [2.05, 4.69) is 18.0 Å². The maximum atomic E-state index is 11.5. The predicted octanol–water partition coefficient (Wildman–Crippen LogP) is 1.01. The van der Waals surface area contributed by atoms with E-state index in [1.807, 2.05) is 6.08 Å². The number of benzene rings is 1. The van der Waals surface area contributed by atoms with Crippen molar-refractivity contribution in [1.29, 1.82) is 0 Å². The quantitative estimate of drug-likeness (QED) is 0.598. The molecule has 0 saturated carbocycles. The van der Waals surface area contributed by atoms with Crippen LogP contribution in [0.1, 0.15) is 27.9 Å². The number of nitrogens with zero attached hydrogens (tertiary/aromatic N) is 1. The maximum absolute atomic E-state index is 11.5. The minimum absolute atomic E-state index is 0.0120. The second-order valence-electron chi connectivity index (χ2n) is 7.27. The van der Waals surface area contributed by atoms with Crippen LogP contribution in [0.25, 0.3) is 0 Å². The summed E-state index contributed by atoms with van der Waals surface area (Å²) in [6.07, 6.45) is 5.34. The van der Waals surface area contributed by atoms with E-state index < -0.39 is 6.10 Å². The minimum Gasteiger partial charge on any atom is -0.504 e. The first-order chi connectivity index (χ1) is 11.1. The van der Waals surface area contributed by atoms with Gasteiger partial charge in [-0.3, -0.25) is 4.79 Å². The molecule has 2 aliphatic heterocycles. The van der Waals surface area contributed by atoms with E-state index in [0.717, 1.165) is 36.8 Å². The SMILES string of the molecule is CN1CC[C@]23c4c5c(C=O)cc(O)c4O[C@H]2[C@@H](O)C=C[C@H]3[C@H]1C5. The van der Waals surface area contributed by atoms with E-state index >= 15 is 0 Å². The third kappa shape index (κ3) is 1.39. The van der Waals surface area contributed by atoms with Crippen LogP contribution in [-0.4, -0.2) is 53.2 Å². The zero-order valence-electron chi connectivity index (χ0n) is 12.9. The molecule has 1 aromatic rings. The molecule has 1 saturated heterocycles. The summed E-state index contributed by atoms with van der Waals surface area (Å²) in [5.41, 5.74) is 2.19. The van der Waals surface area contributed by atoms with Gasteiger partial charge in [0.1, 0.15) is 18.5 Å². The molecule has 5 heteroatoms. The van der Waals surface area contributed by atoms with Crippen molar-refractivity contribution in [1.82, 2.24) is 4.90 Å². The fraction of sp³-hybridized carbons (Fsp3) is 0.500. The van der Waals surface area contributed by atoms with Gasteiger partial charge in [-0.1, -0.05) is 12.2 Å². The molecule has 1 spiro atoms. The number of phenolic OH excluding ortho intramolecular Hbond substituents is 1. The van der Waals surface area contributed by atoms with Gasteiger partial charge in [-0.05, 0) is 38.1 Å². The zero-order chi connectivity index (χ0) is 15.9. The van der Waals surface area contributed by atoms with Crippen molar-refractivity contribution in [3.05, 3.63) is 34.9 Å². The van der Waals surface area contributed by atoms with Gasteiger partial charge in [0.25, 0.3) is 0 Å². The average molecular weight is 313 g/mol. The Hall–Kier alpha value is -1.85. The molecule has 5 rings (SSSR count). The topological polar surface area (TPSA) is 70.0 Å². The number of carbonyl (C=O) groups excluding carboxylic acids is 1. The lowest BCUT2D eigenvalue weighted by Gasteiger charge is -2.56. The Morgan fingerprint density at radius 1 is 1.43 bits per heavy atom. The Morgan fingerprint density at radius 3 is 3.04 bits per heavy atom. The molecule has 0 aromatic heterocycles. The molecule has 0 radical (unpaired) electrons. The van der Waals surface area contributed by atoms with Gasteiger partial charge in [0.15, 0.2) is 11.5 Å². The van der Waals surface area contributed by atoms with Crippen molar-refractivity contribution < 1.29 is 19.7 Å². The first-order valence-electron chi connectivity index (χ1n) is 8.15. The van der Waals surface area contributed by atoms with Crippen molar-refractivity contribution >= 4 is 6.29 Å². The number of aliphatic hydroxyl groups excluding tert-OH is 1. The Balaban J connectivity index is 1.87. The normalized spacial score (nSPS) is 39.7. The van der Waals surface area contributed by atoms with Gasteiger partial charge in [0, 0.05) is 28.5 Å². The molecule has 5 atom stereocenters. The molecule has 0 amide bonds. The highest BCUT2D eigenvalue weighted by Crippen LogP contribution is 2.62. The van der Waals surface area contributed by atoms with Crippen molar-refractivity contribution in [2.45, 2.75) is 36.5 Å². The number of aldehydes is 1. The first-order valence-corrected chi connectivity index (χ1v) is 8.15. The van der Waals surface area contributed by atoms with Gasteiger partial charge in [-0.15, -0.1) is 0 Å². The molecular formula is C18H19NO4. The van der Waals surface area contributed by atoms with Crippen LogP contribution in [0.3, 0.4) is 0 Å². The number of likely N-dealkylation sites (tertiary alicyclic amines) is 1. The van der Waals surface area contributed by atoms with Crippen molar-refractivity contribution in [3.8, 4) is 11.5 Å². The van der Waals surface area contributed by atoms with Crippen LogP contribution in [-0.2, 0) is 11.8 Å². The highest BCUT2D eigenvalue weighted by atomic mass is 16.5. The summed E-state index contributed by atoms with van der Waals surface area (Å²) in [4.78, 5) is 13.9. The lowest BCUT2D eigenvalue weighted by molar-refractivity contribution is -0.0453. The van der Waals surface area contributed by atoms with Crippen LogP contribution < -0.4 is 4.74 Å². The Morgan fingerprint density at radius 2 is 2.26 bits per heavy atom. The molecule has 1 fully saturated rings. The van der Waals surface area contributed by atoms with Crippen molar-refractivity contribution in [2.75, 3.05) is 13.6 Å². The Bertz CT molecular complexity index is 758. The first kappa shape index (κ1) is 13.6. The molecule has 2 heterocycles. The summed E-state index contributed by atoms with van der Waals surface area (Å²) >= 11 is 0. The molecule has 5 nitrogen and oxygen atoms in total. The van der Waals surface area contributed by atoms with Crippen LogP contribution in [0.5, 0.6) is 11.5 Å². The molecule has 0 unspecified atom stereocenters.